The quantitative estimate of drug-likeness (QED) is 0.783. The molecular weight excluding hydrogens is 260 g/mol. The minimum atomic E-state index is 0.521. The molecule has 0 aliphatic carbocycles. The van der Waals surface area contributed by atoms with Gasteiger partial charge in [-0.25, -0.2) is 4.98 Å². The lowest BCUT2D eigenvalue weighted by Gasteiger charge is -2.18. The van der Waals surface area contributed by atoms with E-state index in [1.807, 2.05) is 30.8 Å². The number of nitrogen functional groups attached to an aromatic ring is 1. The van der Waals surface area contributed by atoms with Crippen molar-refractivity contribution in [2.45, 2.75) is 13.8 Å². The van der Waals surface area contributed by atoms with Crippen molar-refractivity contribution in [3.63, 3.8) is 0 Å². The number of fused-ring (bicyclic) bond motifs is 1. The number of aryl methyl sites for hydroxylation is 2. The van der Waals surface area contributed by atoms with Crippen LogP contribution in [0.4, 0.5) is 11.6 Å². The van der Waals surface area contributed by atoms with Gasteiger partial charge in [-0.1, -0.05) is 18.2 Å². The van der Waals surface area contributed by atoms with E-state index in [9.17, 15) is 0 Å². The molecule has 0 unspecified atom stereocenters. The Hall–Kier alpha value is -2.49. The Morgan fingerprint density at radius 3 is 2.52 bits per heavy atom. The summed E-state index contributed by atoms with van der Waals surface area (Å²) in [6.07, 6.45) is 0. The molecule has 1 aromatic heterocycles. The largest absolute Gasteiger partial charge is 0.377 e. The third kappa shape index (κ3) is 2.13. The molecule has 0 fully saturated rings. The topological polar surface area (TPSA) is 47.1 Å². The van der Waals surface area contributed by atoms with E-state index in [1.165, 1.54) is 16.8 Å². The Bertz CT molecular complexity index is 815. The van der Waals surface area contributed by atoms with Crippen molar-refractivity contribution in [1.29, 1.82) is 0 Å². The molecule has 0 aliphatic heterocycles. The number of para-hydroxylation sites is 1. The molecule has 3 rings (SSSR count). The van der Waals surface area contributed by atoms with Gasteiger partial charge in [-0.15, -0.1) is 0 Å². The number of hydrogen-bond acceptors (Lipinski definition) is 3. The Morgan fingerprint density at radius 2 is 1.81 bits per heavy atom. The minimum absolute atomic E-state index is 0.521. The van der Waals surface area contributed by atoms with Crippen molar-refractivity contribution < 1.29 is 0 Å². The monoisotopic (exact) mass is 280 g/mol. The van der Waals surface area contributed by atoms with Gasteiger partial charge in [0.25, 0.3) is 0 Å². The lowest BCUT2D eigenvalue weighted by molar-refractivity contribution is 1.07. The van der Waals surface area contributed by atoms with Crippen LogP contribution >= 0.6 is 0 Å². The molecule has 3 aromatic rings. The van der Waals surface area contributed by atoms with Crippen LogP contribution in [0.2, 0.25) is 0 Å². The van der Waals surface area contributed by atoms with E-state index in [1.54, 1.807) is 0 Å². The van der Waals surface area contributed by atoms with Crippen LogP contribution in [0.1, 0.15) is 11.1 Å². The number of hydrogen-bond donors (Lipinski definition) is 1. The molecule has 21 heavy (non-hydrogen) atoms. The molecule has 0 bridgehead atoms. The highest BCUT2D eigenvalue weighted by Gasteiger charge is 2.13. The average molecular weight is 280 g/mol. The minimum Gasteiger partial charge on any atom is -0.377 e. The first kappa shape index (κ1) is 13.5. The van der Waals surface area contributed by atoms with Crippen molar-refractivity contribution >= 4 is 22.7 Å². The molecule has 0 amide bonds. The van der Waals surface area contributed by atoms with Crippen molar-refractivity contribution in [3.8, 4) is 5.69 Å². The molecule has 1 heterocycles. The SMILES string of the molecule is Cc1ccc(-n2c(N)nc3cccc(C)c32)cc1N(C)C. The van der Waals surface area contributed by atoms with Crippen LogP contribution in [0.25, 0.3) is 16.7 Å². The summed E-state index contributed by atoms with van der Waals surface area (Å²) in [4.78, 5) is 6.59. The van der Waals surface area contributed by atoms with E-state index in [2.05, 4.69) is 48.0 Å². The van der Waals surface area contributed by atoms with E-state index in [0.717, 1.165) is 16.7 Å². The maximum absolute atomic E-state index is 6.16. The second kappa shape index (κ2) is 4.81. The first-order valence-corrected chi connectivity index (χ1v) is 7.01. The van der Waals surface area contributed by atoms with Gasteiger partial charge in [-0.2, -0.15) is 0 Å². The third-order valence-electron chi connectivity index (χ3n) is 3.84. The number of anilines is 2. The molecule has 2 N–H and O–H groups in total. The number of nitrogens with zero attached hydrogens (tertiary/aromatic N) is 3. The van der Waals surface area contributed by atoms with Gasteiger partial charge in [0.2, 0.25) is 5.95 Å². The highest BCUT2D eigenvalue weighted by atomic mass is 15.2. The predicted octanol–water partition coefficient (Wildman–Crippen LogP) is 3.29. The zero-order valence-corrected chi connectivity index (χ0v) is 12.9. The van der Waals surface area contributed by atoms with E-state index >= 15 is 0 Å². The Kier molecular flexibility index (Phi) is 3.09. The molecule has 108 valence electrons. The summed E-state index contributed by atoms with van der Waals surface area (Å²) in [5, 5.41) is 0. The first-order chi connectivity index (χ1) is 9.99. The zero-order valence-electron chi connectivity index (χ0n) is 12.9. The summed E-state index contributed by atoms with van der Waals surface area (Å²) in [6.45, 7) is 4.20. The van der Waals surface area contributed by atoms with E-state index in [4.69, 9.17) is 5.73 Å². The van der Waals surface area contributed by atoms with Crippen molar-refractivity contribution in [1.82, 2.24) is 9.55 Å². The van der Waals surface area contributed by atoms with E-state index in [-0.39, 0.29) is 0 Å². The van der Waals surface area contributed by atoms with Gasteiger partial charge < -0.3 is 10.6 Å². The highest BCUT2D eigenvalue weighted by molar-refractivity contribution is 5.84. The van der Waals surface area contributed by atoms with Gasteiger partial charge in [-0.05, 0) is 43.2 Å². The van der Waals surface area contributed by atoms with Crippen LogP contribution in [0.5, 0.6) is 0 Å². The summed E-state index contributed by atoms with van der Waals surface area (Å²) < 4.78 is 2.02. The van der Waals surface area contributed by atoms with Gasteiger partial charge in [0.1, 0.15) is 0 Å². The molecule has 0 spiro atoms. The van der Waals surface area contributed by atoms with Gasteiger partial charge in [0.05, 0.1) is 16.7 Å². The highest BCUT2D eigenvalue weighted by Crippen LogP contribution is 2.28. The third-order valence-corrected chi connectivity index (χ3v) is 3.84. The zero-order chi connectivity index (χ0) is 15.1. The van der Waals surface area contributed by atoms with Gasteiger partial charge >= 0.3 is 0 Å². The second-order valence-corrected chi connectivity index (χ2v) is 5.61. The van der Waals surface area contributed by atoms with E-state index in [0.29, 0.717) is 5.95 Å². The summed E-state index contributed by atoms with van der Waals surface area (Å²) in [5.74, 6) is 0.521. The summed E-state index contributed by atoms with van der Waals surface area (Å²) >= 11 is 0. The molecule has 2 aromatic carbocycles. The van der Waals surface area contributed by atoms with Crippen molar-refractivity contribution in [3.05, 3.63) is 47.5 Å². The molecule has 0 aliphatic rings. The summed E-state index contributed by atoms with van der Waals surface area (Å²) in [7, 11) is 4.10. The summed E-state index contributed by atoms with van der Waals surface area (Å²) in [5.41, 5.74) is 12.8. The Labute approximate surface area is 124 Å². The lowest BCUT2D eigenvalue weighted by Crippen LogP contribution is -2.11. The van der Waals surface area contributed by atoms with Crippen LogP contribution in [-0.4, -0.2) is 23.6 Å². The molecule has 4 heteroatoms. The fourth-order valence-corrected chi connectivity index (χ4v) is 2.79. The van der Waals surface area contributed by atoms with Crippen LogP contribution in [0.3, 0.4) is 0 Å². The number of rotatable bonds is 2. The van der Waals surface area contributed by atoms with Crippen molar-refractivity contribution in [2.75, 3.05) is 24.7 Å². The molecular formula is C17H20N4. The number of nitrogens with two attached hydrogens (primary N) is 1. The van der Waals surface area contributed by atoms with Crippen LogP contribution in [0.15, 0.2) is 36.4 Å². The fourth-order valence-electron chi connectivity index (χ4n) is 2.79. The van der Waals surface area contributed by atoms with Gasteiger partial charge in [0, 0.05) is 19.8 Å². The lowest BCUT2D eigenvalue weighted by atomic mass is 10.1. The predicted molar refractivity (Wildman–Crippen MR) is 89.3 cm³/mol. The standard InChI is InChI=1S/C17H20N4/c1-11-8-9-13(10-15(11)20(3)4)21-16-12(2)6-5-7-14(16)19-17(21)18/h5-10H,1-4H3,(H2,18,19). The maximum Gasteiger partial charge on any atom is 0.205 e. The van der Waals surface area contributed by atoms with Crippen LogP contribution in [0, 0.1) is 13.8 Å². The van der Waals surface area contributed by atoms with Crippen LogP contribution in [-0.2, 0) is 0 Å². The van der Waals surface area contributed by atoms with Gasteiger partial charge in [0.15, 0.2) is 0 Å². The Morgan fingerprint density at radius 1 is 1.05 bits per heavy atom. The summed E-state index contributed by atoms with van der Waals surface area (Å²) in [6, 6.07) is 12.5. The smallest absolute Gasteiger partial charge is 0.205 e. The second-order valence-electron chi connectivity index (χ2n) is 5.61. The Balaban J connectivity index is 2.30. The number of imidazole rings is 1. The normalized spacial score (nSPS) is 11.0. The molecule has 0 saturated heterocycles. The molecule has 0 saturated carbocycles. The number of benzene rings is 2. The number of aromatic nitrogens is 2. The van der Waals surface area contributed by atoms with E-state index < -0.39 is 0 Å². The molecule has 0 atom stereocenters. The molecule has 0 radical (unpaired) electrons. The van der Waals surface area contributed by atoms with Crippen LogP contribution < -0.4 is 10.6 Å². The van der Waals surface area contributed by atoms with Gasteiger partial charge in [-0.3, -0.25) is 4.57 Å². The maximum atomic E-state index is 6.16. The van der Waals surface area contributed by atoms with Crippen molar-refractivity contribution in [2.24, 2.45) is 0 Å². The average Bonchev–Trinajstić information content (AvgIpc) is 2.77. The first-order valence-electron chi connectivity index (χ1n) is 7.01. The fraction of sp³-hybridized carbons (Fsp3) is 0.235. The molecule has 4 nitrogen and oxygen atoms in total.